The highest BCUT2D eigenvalue weighted by Crippen LogP contribution is 2.27. The first kappa shape index (κ1) is 21.3. The average Bonchev–Trinajstić information content (AvgIpc) is 2.68. The van der Waals surface area contributed by atoms with Crippen LogP contribution in [-0.2, 0) is 24.7 Å². The van der Waals surface area contributed by atoms with Crippen molar-refractivity contribution in [3.63, 3.8) is 0 Å². The molecule has 1 heterocycles. The molecule has 1 saturated carbocycles. The van der Waals surface area contributed by atoms with Gasteiger partial charge in [-0.05, 0) is 37.8 Å². The van der Waals surface area contributed by atoms with Crippen LogP contribution in [0.3, 0.4) is 0 Å². The van der Waals surface area contributed by atoms with Crippen LogP contribution in [0.15, 0.2) is 34.1 Å². The van der Waals surface area contributed by atoms with Crippen molar-refractivity contribution >= 4 is 25.8 Å². The first-order chi connectivity index (χ1) is 13.2. The Bertz CT molecular complexity index is 913. The molecule has 0 bridgehead atoms. The van der Waals surface area contributed by atoms with Crippen LogP contribution in [0.1, 0.15) is 44.9 Å². The number of likely N-dealkylation sites (tertiary alicyclic amines) is 1. The zero-order valence-electron chi connectivity index (χ0n) is 16.1. The number of rotatable bonds is 5. The van der Waals surface area contributed by atoms with Gasteiger partial charge in [0.15, 0.2) is 9.84 Å². The number of amides is 1. The quantitative estimate of drug-likeness (QED) is 0.772. The third kappa shape index (κ3) is 4.93. The molecule has 0 radical (unpaired) electrons. The summed E-state index contributed by atoms with van der Waals surface area (Å²) in [6.07, 6.45) is 7.36. The fourth-order valence-electron chi connectivity index (χ4n) is 4.09. The summed E-state index contributed by atoms with van der Waals surface area (Å²) in [5.74, 6) is 0.312. The van der Waals surface area contributed by atoms with Crippen LogP contribution < -0.4 is 4.72 Å². The van der Waals surface area contributed by atoms with Crippen molar-refractivity contribution in [1.29, 1.82) is 0 Å². The molecular formula is C19H28N2O5S2. The molecule has 0 spiro atoms. The lowest BCUT2D eigenvalue weighted by atomic mass is 9.87. The Labute approximate surface area is 167 Å². The number of piperidine rings is 1. The van der Waals surface area contributed by atoms with Gasteiger partial charge in [0.25, 0.3) is 0 Å². The van der Waals surface area contributed by atoms with Crippen LogP contribution >= 0.6 is 0 Å². The highest BCUT2D eigenvalue weighted by Gasteiger charge is 2.32. The van der Waals surface area contributed by atoms with Crippen molar-refractivity contribution in [2.24, 2.45) is 5.92 Å². The molecule has 1 aliphatic heterocycles. The molecule has 0 unspecified atom stereocenters. The predicted octanol–water partition coefficient (Wildman–Crippen LogP) is 1.94. The number of benzene rings is 1. The molecule has 1 aromatic carbocycles. The number of carbonyl (C=O) groups is 1. The molecule has 1 aromatic rings. The van der Waals surface area contributed by atoms with Crippen LogP contribution in [0.25, 0.3) is 0 Å². The summed E-state index contributed by atoms with van der Waals surface area (Å²) in [5, 5.41) is 0. The number of nitrogens with one attached hydrogen (secondary N) is 1. The summed E-state index contributed by atoms with van der Waals surface area (Å²) in [4.78, 5) is 14.1. The van der Waals surface area contributed by atoms with Crippen molar-refractivity contribution in [3.8, 4) is 0 Å². The average molecular weight is 429 g/mol. The maximum absolute atomic E-state index is 12.8. The number of hydrogen-bond acceptors (Lipinski definition) is 5. The normalized spacial score (nSPS) is 20.2. The van der Waals surface area contributed by atoms with E-state index >= 15 is 0 Å². The second-order valence-corrected chi connectivity index (χ2v) is 11.4. The van der Waals surface area contributed by atoms with Gasteiger partial charge in [0.1, 0.15) is 4.90 Å². The van der Waals surface area contributed by atoms with Gasteiger partial charge in [-0.25, -0.2) is 21.6 Å². The van der Waals surface area contributed by atoms with Crippen molar-refractivity contribution < 1.29 is 21.6 Å². The summed E-state index contributed by atoms with van der Waals surface area (Å²) >= 11 is 0. The molecular weight excluding hydrogens is 400 g/mol. The van der Waals surface area contributed by atoms with Gasteiger partial charge in [0, 0.05) is 31.3 Å². The third-order valence-corrected chi connectivity index (χ3v) is 8.48. The number of carbonyl (C=O) groups excluding carboxylic acids is 1. The molecule has 28 heavy (non-hydrogen) atoms. The maximum atomic E-state index is 12.8. The van der Waals surface area contributed by atoms with E-state index in [1.165, 1.54) is 30.7 Å². The van der Waals surface area contributed by atoms with E-state index in [0.717, 1.165) is 31.9 Å². The van der Waals surface area contributed by atoms with E-state index in [4.69, 9.17) is 0 Å². The molecule has 1 saturated heterocycles. The number of sulfone groups is 1. The molecule has 9 heteroatoms. The second kappa shape index (κ2) is 8.51. The Balaban J connectivity index is 1.64. The fourth-order valence-corrected chi connectivity index (χ4v) is 7.02. The molecule has 156 valence electrons. The van der Waals surface area contributed by atoms with E-state index in [1.807, 2.05) is 4.90 Å². The van der Waals surface area contributed by atoms with Gasteiger partial charge in [-0.15, -0.1) is 0 Å². The van der Waals surface area contributed by atoms with Crippen LogP contribution in [0.5, 0.6) is 0 Å². The molecule has 2 aliphatic rings. The van der Waals surface area contributed by atoms with Gasteiger partial charge >= 0.3 is 0 Å². The lowest BCUT2D eigenvalue weighted by Crippen LogP contribution is -2.48. The Hall–Kier alpha value is -1.45. The lowest BCUT2D eigenvalue weighted by molar-refractivity contribution is -0.137. The van der Waals surface area contributed by atoms with Crippen LogP contribution in [0.2, 0.25) is 0 Å². The number of nitrogens with zero attached hydrogens (tertiary/aromatic N) is 1. The summed E-state index contributed by atoms with van der Waals surface area (Å²) < 4.78 is 52.0. The second-order valence-electron chi connectivity index (χ2n) is 7.77. The van der Waals surface area contributed by atoms with Crippen molar-refractivity contribution in [2.75, 3.05) is 19.3 Å². The summed E-state index contributed by atoms with van der Waals surface area (Å²) in [5.41, 5.74) is 0. The number of sulfonamides is 1. The van der Waals surface area contributed by atoms with Gasteiger partial charge in [-0.3, -0.25) is 4.79 Å². The van der Waals surface area contributed by atoms with E-state index in [-0.39, 0.29) is 27.7 Å². The first-order valence-electron chi connectivity index (χ1n) is 9.79. The minimum absolute atomic E-state index is 0.114. The zero-order valence-corrected chi connectivity index (χ0v) is 17.8. The maximum Gasteiger partial charge on any atom is 0.242 e. The largest absolute Gasteiger partial charge is 0.342 e. The van der Waals surface area contributed by atoms with Crippen molar-refractivity contribution in [1.82, 2.24) is 9.62 Å². The molecule has 7 nitrogen and oxygen atoms in total. The molecule has 1 amide bonds. The minimum Gasteiger partial charge on any atom is -0.342 e. The minimum atomic E-state index is -3.96. The number of hydrogen-bond donors (Lipinski definition) is 1. The molecule has 0 atom stereocenters. The van der Waals surface area contributed by atoms with E-state index in [1.54, 1.807) is 0 Å². The summed E-state index contributed by atoms with van der Waals surface area (Å²) in [6.45, 7) is 1.05. The summed E-state index contributed by atoms with van der Waals surface area (Å²) in [7, 11) is -7.63. The fraction of sp³-hybridized carbons (Fsp3) is 0.632. The van der Waals surface area contributed by atoms with Gasteiger partial charge in [0.2, 0.25) is 15.9 Å². The van der Waals surface area contributed by atoms with Crippen molar-refractivity contribution in [2.45, 2.75) is 60.8 Å². The first-order valence-corrected chi connectivity index (χ1v) is 13.2. The molecule has 1 N–H and O–H groups in total. The highest BCUT2D eigenvalue weighted by atomic mass is 32.2. The summed E-state index contributed by atoms with van der Waals surface area (Å²) in [6, 6.07) is 5.31. The van der Waals surface area contributed by atoms with E-state index < -0.39 is 19.9 Å². The van der Waals surface area contributed by atoms with Crippen LogP contribution in [-0.4, -0.2) is 53.0 Å². The van der Waals surface area contributed by atoms with E-state index in [2.05, 4.69) is 4.72 Å². The van der Waals surface area contributed by atoms with Gasteiger partial charge in [0.05, 0.1) is 4.90 Å². The predicted molar refractivity (Wildman–Crippen MR) is 106 cm³/mol. The Morgan fingerprint density at radius 3 is 2.07 bits per heavy atom. The van der Waals surface area contributed by atoms with Crippen LogP contribution in [0.4, 0.5) is 0 Å². The van der Waals surface area contributed by atoms with Crippen molar-refractivity contribution in [3.05, 3.63) is 24.3 Å². The van der Waals surface area contributed by atoms with E-state index in [9.17, 15) is 21.6 Å². The molecule has 1 aliphatic carbocycles. The Morgan fingerprint density at radius 1 is 0.929 bits per heavy atom. The molecule has 2 fully saturated rings. The monoisotopic (exact) mass is 428 g/mol. The molecule has 0 aromatic heterocycles. The Kier molecular flexibility index (Phi) is 6.46. The molecule has 3 rings (SSSR count). The highest BCUT2D eigenvalue weighted by molar-refractivity contribution is 7.93. The SMILES string of the molecule is CS(=O)(=O)c1ccccc1S(=O)(=O)NC1CCN(C(=O)C2CCCCC2)CC1. The van der Waals surface area contributed by atoms with Gasteiger partial charge < -0.3 is 4.90 Å². The zero-order chi connectivity index (χ0) is 20.4. The standard InChI is InChI=1S/C19H28N2O5S2/c1-27(23,24)17-9-5-6-10-18(17)28(25,26)20-16-11-13-21(14-12-16)19(22)15-7-3-2-4-8-15/h5-6,9-10,15-16,20H,2-4,7-8,11-14H2,1H3. The topological polar surface area (TPSA) is 101 Å². The van der Waals surface area contributed by atoms with Gasteiger partial charge in [-0.1, -0.05) is 31.4 Å². The van der Waals surface area contributed by atoms with E-state index in [0.29, 0.717) is 25.9 Å². The smallest absolute Gasteiger partial charge is 0.242 e. The lowest BCUT2D eigenvalue weighted by Gasteiger charge is -2.35. The van der Waals surface area contributed by atoms with Gasteiger partial charge in [-0.2, -0.15) is 0 Å². The third-order valence-electron chi connectivity index (χ3n) is 5.62. The van der Waals surface area contributed by atoms with Crippen LogP contribution in [0, 0.1) is 5.92 Å². The Morgan fingerprint density at radius 2 is 1.50 bits per heavy atom.